The van der Waals surface area contributed by atoms with Gasteiger partial charge in [-0.2, -0.15) is 0 Å². The van der Waals surface area contributed by atoms with Crippen LogP contribution in [0, 0.1) is 11.8 Å². The molecule has 1 fully saturated rings. The number of aliphatic carboxylic acids is 1. The number of rotatable bonds is 6. The van der Waals surface area contributed by atoms with Crippen molar-refractivity contribution < 1.29 is 23.5 Å². The second-order valence-electron chi connectivity index (χ2n) is 7.25. The molecule has 2 N–H and O–H groups in total. The number of carboxylic acids is 1. The van der Waals surface area contributed by atoms with Gasteiger partial charge in [0.15, 0.2) is 0 Å². The van der Waals surface area contributed by atoms with E-state index in [4.69, 9.17) is 0 Å². The lowest BCUT2D eigenvalue weighted by Crippen LogP contribution is -2.40. The summed E-state index contributed by atoms with van der Waals surface area (Å²) in [5.41, 5.74) is 0.909. The Hall–Kier alpha value is -2.50. The second kappa shape index (κ2) is 8.03. The van der Waals surface area contributed by atoms with E-state index >= 15 is 0 Å². The summed E-state index contributed by atoms with van der Waals surface area (Å²) >= 11 is 0. The van der Waals surface area contributed by atoms with Gasteiger partial charge in [-0.25, -0.2) is 8.78 Å². The normalized spacial score (nSPS) is 18.1. The van der Waals surface area contributed by atoms with Crippen LogP contribution in [0.2, 0.25) is 0 Å². The van der Waals surface area contributed by atoms with Gasteiger partial charge in [0.2, 0.25) is 11.8 Å². The summed E-state index contributed by atoms with van der Waals surface area (Å²) in [5.74, 6) is -5.23. The van der Waals surface area contributed by atoms with Gasteiger partial charge >= 0.3 is 5.97 Å². The minimum absolute atomic E-state index is 0.00964. The van der Waals surface area contributed by atoms with E-state index in [0.29, 0.717) is 6.42 Å². The molecule has 6 heteroatoms. The van der Waals surface area contributed by atoms with Crippen molar-refractivity contribution in [2.75, 3.05) is 6.54 Å². The fourth-order valence-corrected chi connectivity index (χ4v) is 3.65. The first-order valence-electron chi connectivity index (χ1n) is 9.21. The number of halogens is 2. The van der Waals surface area contributed by atoms with Crippen molar-refractivity contribution in [2.24, 2.45) is 11.8 Å². The lowest BCUT2D eigenvalue weighted by atomic mass is 9.86. The molecule has 0 saturated heterocycles. The summed E-state index contributed by atoms with van der Waals surface area (Å²) in [6, 6.07) is 13.5. The molecule has 1 atom stereocenters. The van der Waals surface area contributed by atoms with Crippen molar-refractivity contribution in [3.8, 4) is 0 Å². The number of carbonyl (C=O) groups excluding carboxylic acids is 1. The van der Waals surface area contributed by atoms with Gasteiger partial charge in [0.1, 0.15) is 0 Å². The molecule has 1 unspecified atom stereocenters. The van der Waals surface area contributed by atoms with Crippen LogP contribution in [0.4, 0.5) is 8.78 Å². The van der Waals surface area contributed by atoms with Crippen LogP contribution < -0.4 is 5.32 Å². The van der Waals surface area contributed by atoms with Crippen LogP contribution in [0.15, 0.2) is 42.5 Å². The molecule has 1 aliphatic carbocycles. The number of carboxylic acid groups (broad SMARTS) is 1. The van der Waals surface area contributed by atoms with E-state index in [-0.39, 0.29) is 38.1 Å². The first-order chi connectivity index (χ1) is 12.9. The lowest BCUT2D eigenvalue weighted by Gasteiger charge is -2.27. The van der Waals surface area contributed by atoms with E-state index in [2.05, 4.69) is 5.32 Å². The number of carbonyl (C=O) groups is 2. The van der Waals surface area contributed by atoms with E-state index < -0.39 is 23.7 Å². The van der Waals surface area contributed by atoms with Gasteiger partial charge in [-0.3, -0.25) is 9.59 Å². The van der Waals surface area contributed by atoms with E-state index in [0.717, 1.165) is 16.3 Å². The number of hydrogen-bond donors (Lipinski definition) is 2. The Morgan fingerprint density at radius 1 is 1.11 bits per heavy atom. The number of benzene rings is 2. The fourth-order valence-electron chi connectivity index (χ4n) is 3.65. The van der Waals surface area contributed by atoms with Crippen LogP contribution >= 0.6 is 0 Å². The SMILES string of the molecule is O=C(O)C(CNC(=O)C1CCC(F)(F)CC1)Cc1cccc2ccccc12. The maximum Gasteiger partial charge on any atom is 0.308 e. The molecule has 0 aromatic heterocycles. The minimum Gasteiger partial charge on any atom is -0.481 e. The Balaban J connectivity index is 1.63. The van der Waals surface area contributed by atoms with Crippen molar-refractivity contribution in [1.29, 1.82) is 0 Å². The van der Waals surface area contributed by atoms with Crippen LogP contribution in [0.25, 0.3) is 10.8 Å². The molecule has 1 aliphatic rings. The minimum atomic E-state index is -2.69. The molecule has 1 saturated carbocycles. The van der Waals surface area contributed by atoms with Crippen molar-refractivity contribution in [1.82, 2.24) is 5.32 Å². The predicted molar refractivity (Wildman–Crippen MR) is 98.7 cm³/mol. The summed E-state index contributed by atoms with van der Waals surface area (Å²) in [4.78, 5) is 23.9. The highest BCUT2D eigenvalue weighted by atomic mass is 19.3. The lowest BCUT2D eigenvalue weighted by molar-refractivity contribution is -0.141. The molecule has 4 nitrogen and oxygen atoms in total. The number of nitrogens with one attached hydrogen (secondary N) is 1. The maximum absolute atomic E-state index is 13.2. The van der Waals surface area contributed by atoms with Crippen molar-refractivity contribution in [3.05, 3.63) is 48.0 Å². The van der Waals surface area contributed by atoms with E-state index in [1.165, 1.54) is 0 Å². The van der Waals surface area contributed by atoms with Crippen LogP contribution in [0.3, 0.4) is 0 Å². The Morgan fingerprint density at radius 2 is 1.78 bits per heavy atom. The third kappa shape index (κ3) is 4.81. The quantitative estimate of drug-likeness (QED) is 0.801. The monoisotopic (exact) mass is 375 g/mol. The van der Waals surface area contributed by atoms with Gasteiger partial charge in [0.25, 0.3) is 0 Å². The van der Waals surface area contributed by atoms with Gasteiger partial charge in [-0.15, -0.1) is 0 Å². The average Bonchev–Trinajstić information content (AvgIpc) is 2.64. The molecule has 3 rings (SSSR count). The Bertz CT molecular complexity index is 822. The van der Waals surface area contributed by atoms with E-state index in [1.54, 1.807) is 0 Å². The highest BCUT2D eigenvalue weighted by Crippen LogP contribution is 2.36. The first kappa shape index (κ1) is 19.3. The molecule has 0 aliphatic heterocycles. The molecular formula is C21H23F2NO3. The van der Waals surface area contributed by atoms with Gasteiger partial charge in [0.05, 0.1) is 5.92 Å². The molecular weight excluding hydrogens is 352 g/mol. The molecule has 2 aromatic rings. The second-order valence-corrected chi connectivity index (χ2v) is 7.25. The van der Waals surface area contributed by atoms with Crippen LogP contribution in [0.1, 0.15) is 31.2 Å². The van der Waals surface area contributed by atoms with Crippen molar-refractivity contribution >= 4 is 22.6 Å². The summed E-state index contributed by atoms with van der Waals surface area (Å²) < 4.78 is 26.4. The molecule has 144 valence electrons. The molecule has 0 bridgehead atoms. The first-order valence-corrected chi connectivity index (χ1v) is 9.21. The number of amides is 1. The third-order valence-corrected chi connectivity index (χ3v) is 5.31. The topological polar surface area (TPSA) is 66.4 Å². The van der Waals surface area contributed by atoms with Crippen molar-refractivity contribution in [2.45, 2.75) is 38.0 Å². The largest absolute Gasteiger partial charge is 0.481 e. The summed E-state index contributed by atoms with van der Waals surface area (Å²) in [7, 11) is 0. The van der Waals surface area contributed by atoms with Gasteiger partial charge in [-0.1, -0.05) is 42.5 Å². The number of fused-ring (bicyclic) bond motifs is 1. The van der Waals surface area contributed by atoms with Gasteiger partial charge < -0.3 is 10.4 Å². The van der Waals surface area contributed by atoms with Crippen LogP contribution in [-0.2, 0) is 16.0 Å². The van der Waals surface area contributed by atoms with Crippen LogP contribution in [0.5, 0.6) is 0 Å². The number of alkyl halides is 2. The summed E-state index contributed by atoms with van der Waals surface area (Å²) in [6.45, 7) is -0.00964. The molecule has 0 radical (unpaired) electrons. The zero-order valence-corrected chi connectivity index (χ0v) is 15.0. The standard InChI is InChI=1S/C21H23F2NO3/c22-21(23)10-8-15(9-11-21)19(25)24-13-17(20(26)27)12-16-6-3-5-14-4-1-2-7-18(14)16/h1-7,15,17H,8-13H2,(H,24,25)(H,26,27). The average molecular weight is 375 g/mol. The Labute approximate surface area is 156 Å². The van der Waals surface area contributed by atoms with Crippen LogP contribution in [-0.4, -0.2) is 29.5 Å². The predicted octanol–water partition coefficient (Wildman–Crippen LogP) is 4.02. The highest BCUT2D eigenvalue weighted by Gasteiger charge is 2.37. The molecule has 0 spiro atoms. The fraction of sp³-hybridized carbons (Fsp3) is 0.429. The van der Waals surface area contributed by atoms with Gasteiger partial charge in [-0.05, 0) is 35.6 Å². The highest BCUT2D eigenvalue weighted by molar-refractivity contribution is 5.86. The van der Waals surface area contributed by atoms with Gasteiger partial charge in [0, 0.05) is 25.3 Å². The number of hydrogen-bond acceptors (Lipinski definition) is 2. The molecule has 2 aromatic carbocycles. The van der Waals surface area contributed by atoms with E-state index in [1.807, 2.05) is 42.5 Å². The summed E-state index contributed by atoms with van der Waals surface area (Å²) in [5, 5.41) is 14.2. The molecule has 0 heterocycles. The smallest absolute Gasteiger partial charge is 0.308 e. The zero-order chi connectivity index (χ0) is 19.4. The van der Waals surface area contributed by atoms with E-state index in [9.17, 15) is 23.5 Å². The van der Waals surface area contributed by atoms with Crippen molar-refractivity contribution in [3.63, 3.8) is 0 Å². The summed E-state index contributed by atoms with van der Waals surface area (Å²) in [6.07, 6.45) is -0.00755. The third-order valence-electron chi connectivity index (χ3n) is 5.31. The molecule has 27 heavy (non-hydrogen) atoms. The Kier molecular flexibility index (Phi) is 5.73. The molecule has 1 amide bonds. The zero-order valence-electron chi connectivity index (χ0n) is 15.0. The maximum atomic E-state index is 13.2. The Morgan fingerprint density at radius 3 is 2.48 bits per heavy atom.